The van der Waals surface area contributed by atoms with Crippen molar-refractivity contribution in [2.75, 3.05) is 11.9 Å². The van der Waals surface area contributed by atoms with Gasteiger partial charge in [-0.2, -0.15) is 0 Å². The number of nitrogens with zero attached hydrogens (tertiary/aromatic N) is 2. The molecule has 118 valence electrons. The minimum atomic E-state index is 0.938. The summed E-state index contributed by atoms with van der Waals surface area (Å²) in [5.41, 5.74) is 2.19. The fraction of sp³-hybridized carbons (Fsp3) is 0.143. The molecule has 0 aliphatic heterocycles. The zero-order valence-corrected chi connectivity index (χ0v) is 13.5. The van der Waals surface area contributed by atoms with E-state index in [1.807, 2.05) is 12.3 Å². The molecule has 0 radical (unpaired) electrons. The van der Waals surface area contributed by atoms with Crippen molar-refractivity contribution >= 4 is 27.4 Å². The standard InChI is InChI=1S/C21H20N3/c1-4-12-24(13-5-1)14-6-10-22-20-9-11-23-21-16-18-8-3-2-7-17(18)15-19(20)21/h1-5,7-9,11-13,15-16H,6,10,14H2,(H,22,23)/q+1. The zero-order valence-electron chi connectivity index (χ0n) is 13.5. The van der Waals surface area contributed by atoms with Crippen LogP contribution in [0.4, 0.5) is 5.69 Å². The van der Waals surface area contributed by atoms with Crippen LogP contribution in [-0.4, -0.2) is 11.5 Å². The average Bonchev–Trinajstić information content (AvgIpc) is 2.64. The number of rotatable bonds is 5. The van der Waals surface area contributed by atoms with Crippen molar-refractivity contribution in [1.82, 2.24) is 4.98 Å². The number of aryl methyl sites for hydroxylation is 1. The molecule has 0 unspecified atom stereocenters. The van der Waals surface area contributed by atoms with Crippen molar-refractivity contribution in [2.45, 2.75) is 13.0 Å². The third kappa shape index (κ3) is 3.06. The van der Waals surface area contributed by atoms with Crippen LogP contribution in [0.3, 0.4) is 0 Å². The summed E-state index contributed by atoms with van der Waals surface area (Å²) in [7, 11) is 0. The lowest BCUT2D eigenvalue weighted by Crippen LogP contribution is -2.33. The molecule has 3 heteroatoms. The van der Waals surface area contributed by atoms with Gasteiger partial charge in [0.2, 0.25) is 0 Å². The van der Waals surface area contributed by atoms with Crippen molar-refractivity contribution in [3.05, 3.63) is 79.3 Å². The number of nitrogens with one attached hydrogen (secondary N) is 1. The van der Waals surface area contributed by atoms with Crippen molar-refractivity contribution in [3.63, 3.8) is 0 Å². The highest BCUT2D eigenvalue weighted by Gasteiger charge is 2.04. The van der Waals surface area contributed by atoms with Crippen molar-refractivity contribution < 1.29 is 4.57 Å². The molecule has 4 rings (SSSR count). The van der Waals surface area contributed by atoms with Crippen LogP contribution < -0.4 is 9.88 Å². The second kappa shape index (κ2) is 6.67. The maximum Gasteiger partial charge on any atom is 0.168 e. The number of aromatic nitrogens is 2. The van der Waals surface area contributed by atoms with Crippen LogP contribution in [0.1, 0.15) is 6.42 Å². The fourth-order valence-electron chi connectivity index (χ4n) is 3.05. The zero-order chi connectivity index (χ0) is 16.2. The highest BCUT2D eigenvalue weighted by molar-refractivity contribution is 6.01. The topological polar surface area (TPSA) is 28.8 Å². The Morgan fingerprint density at radius 1 is 0.875 bits per heavy atom. The molecule has 0 saturated carbocycles. The smallest absolute Gasteiger partial charge is 0.168 e. The van der Waals surface area contributed by atoms with Gasteiger partial charge in [0.05, 0.1) is 5.52 Å². The number of benzene rings is 2. The van der Waals surface area contributed by atoms with Crippen LogP contribution >= 0.6 is 0 Å². The van der Waals surface area contributed by atoms with Crippen LogP contribution in [0.15, 0.2) is 79.3 Å². The number of pyridine rings is 2. The SMILES string of the molecule is c1cc[n+](CCCNc2ccnc3cc4ccccc4cc23)cc1. The molecule has 0 spiro atoms. The molecule has 2 heterocycles. The van der Waals surface area contributed by atoms with Gasteiger partial charge >= 0.3 is 0 Å². The summed E-state index contributed by atoms with van der Waals surface area (Å²) in [5, 5.41) is 7.24. The van der Waals surface area contributed by atoms with Gasteiger partial charge in [-0.15, -0.1) is 0 Å². The van der Waals surface area contributed by atoms with Gasteiger partial charge in [-0.3, -0.25) is 4.98 Å². The third-order valence-electron chi connectivity index (χ3n) is 4.29. The predicted octanol–water partition coefficient (Wildman–Crippen LogP) is 4.18. The van der Waals surface area contributed by atoms with Gasteiger partial charge in [0.15, 0.2) is 12.4 Å². The van der Waals surface area contributed by atoms with E-state index in [-0.39, 0.29) is 0 Å². The molecular weight excluding hydrogens is 294 g/mol. The number of hydrogen-bond acceptors (Lipinski definition) is 2. The van der Waals surface area contributed by atoms with Crippen LogP contribution in [0, 0.1) is 0 Å². The summed E-state index contributed by atoms with van der Waals surface area (Å²) in [6, 6.07) is 21.1. The molecule has 2 aromatic heterocycles. The fourth-order valence-corrected chi connectivity index (χ4v) is 3.05. The molecule has 0 atom stereocenters. The van der Waals surface area contributed by atoms with Crippen molar-refractivity contribution in [3.8, 4) is 0 Å². The Balaban J connectivity index is 1.52. The Hall–Kier alpha value is -2.94. The van der Waals surface area contributed by atoms with Gasteiger partial charge in [0.25, 0.3) is 0 Å². The summed E-state index contributed by atoms with van der Waals surface area (Å²) in [6.07, 6.45) is 7.17. The predicted molar refractivity (Wildman–Crippen MR) is 99.0 cm³/mol. The van der Waals surface area contributed by atoms with Crippen LogP contribution in [0.2, 0.25) is 0 Å². The number of anilines is 1. The quantitative estimate of drug-likeness (QED) is 0.340. The maximum absolute atomic E-state index is 4.52. The lowest BCUT2D eigenvalue weighted by Gasteiger charge is -2.10. The van der Waals surface area contributed by atoms with Gasteiger partial charge in [-0.25, -0.2) is 4.57 Å². The first-order valence-electron chi connectivity index (χ1n) is 8.36. The molecule has 4 aromatic rings. The highest BCUT2D eigenvalue weighted by atomic mass is 14.9. The molecule has 0 bridgehead atoms. The van der Waals surface area contributed by atoms with Crippen LogP contribution in [0.25, 0.3) is 21.7 Å². The Labute approximate surface area is 141 Å². The number of fused-ring (bicyclic) bond motifs is 2. The van der Waals surface area contributed by atoms with E-state index < -0.39 is 0 Å². The van der Waals surface area contributed by atoms with E-state index in [2.05, 4.69) is 81.9 Å². The van der Waals surface area contributed by atoms with E-state index in [9.17, 15) is 0 Å². The molecule has 2 aromatic carbocycles. The largest absolute Gasteiger partial charge is 0.384 e. The van der Waals surface area contributed by atoms with Gasteiger partial charge in [-0.05, 0) is 29.0 Å². The van der Waals surface area contributed by atoms with Crippen molar-refractivity contribution in [2.24, 2.45) is 0 Å². The van der Waals surface area contributed by atoms with Gasteiger partial charge < -0.3 is 5.32 Å². The normalized spacial score (nSPS) is 11.0. The number of hydrogen-bond donors (Lipinski definition) is 1. The highest BCUT2D eigenvalue weighted by Crippen LogP contribution is 2.26. The summed E-state index contributed by atoms with van der Waals surface area (Å²) in [4.78, 5) is 4.52. The molecule has 0 fully saturated rings. The first kappa shape index (κ1) is 14.6. The molecule has 0 saturated heterocycles. The van der Waals surface area contributed by atoms with E-state index in [1.54, 1.807) is 0 Å². The molecule has 3 nitrogen and oxygen atoms in total. The summed E-state index contributed by atoms with van der Waals surface area (Å²) in [5.74, 6) is 0. The summed E-state index contributed by atoms with van der Waals surface area (Å²) in [6.45, 7) is 1.95. The monoisotopic (exact) mass is 314 g/mol. The molecule has 0 aliphatic carbocycles. The van der Waals surface area contributed by atoms with Gasteiger partial charge in [0.1, 0.15) is 6.54 Å². The Morgan fingerprint density at radius 2 is 1.67 bits per heavy atom. The molecule has 1 N–H and O–H groups in total. The van der Waals surface area contributed by atoms with E-state index >= 15 is 0 Å². The van der Waals surface area contributed by atoms with E-state index in [0.717, 1.165) is 30.7 Å². The minimum absolute atomic E-state index is 0.938. The summed E-state index contributed by atoms with van der Waals surface area (Å²) < 4.78 is 2.21. The Kier molecular flexibility index (Phi) is 4.07. The van der Waals surface area contributed by atoms with Crippen LogP contribution in [-0.2, 0) is 6.54 Å². The van der Waals surface area contributed by atoms with E-state index in [0.29, 0.717) is 0 Å². The molecule has 24 heavy (non-hydrogen) atoms. The van der Waals surface area contributed by atoms with Gasteiger partial charge in [-0.1, -0.05) is 30.3 Å². The molecule has 0 aliphatic rings. The Bertz CT molecular complexity index is 964. The lowest BCUT2D eigenvalue weighted by molar-refractivity contribution is -0.697. The average molecular weight is 314 g/mol. The van der Waals surface area contributed by atoms with E-state index in [1.165, 1.54) is 16.2 Å². The lowest BCUT2D eigenvalue weighted by atomic mass is 10.1. The third-order valence-corrected chi connectivity index (χ3v) is 4.29. The second-order valence-corrected chi connectivity index (χ2v) is 5.97. The molecular formula is C21H20N3+. The second-order valence-electron chi connectivity index (χ2n) is 5.97. The molecule has 0 amide bonds. The van der Waals surface area contributed by atoms with Gasteiger partial charge in [0, 0.05) is 42.4 Å². The summed E-state index contributed by atoms with van der Waals surface area (Å²) >= 11 is 0. The van der Waals surface area contributed by atoms with Crippen LogP contribution in [0.5, 0.6) is 0 Å². The first-order chi connectivity index (χ1) is 11.9. The maximum atomic E-state index is 4.52. The Morgan fingerprint density at radius 3 is 2.50 bits per heavy atom. The van der Waals surface area contributed by atoms with E-state index in [4.69, 9.17) is 0 Å². The first-order valence-corrected chi connectivity index (χ1v) is 8.36. The van der Waals surface area contributed by atoms with Crippen molar-refractivity contribution in [1.29, 1.82) is 0 Å². The minimum Gasteiger partial charge on any atom is -0.384 e.